The van der Waals surface area contributed by atoms with Crippen LogP contribution in [-0.2, 0) is 11.8 Å². The molecule has 1 N–H and O–H groups in total. The summed E-state index contributed by atoms with van der Waals surface area (Å²) in [6.07, 6.45) is 0. The summed E-state index contributed by atoms with van der Waals surface area (Å²) in [5.41, 5.74) is 0.324. The van der Waals surface area contributed by atoms with E-state index in [0.717, 1.165) is 0 Å². The van der Waals surface area contributed by atoms with Crippen molar-refractivity contribution in [1.29, 1.82) is 0 Å². The van der Waals surface area contributed by atoms with Gasteiger partial charge in [-0.15, -0.1) is 0 Å². The first-order chi connectivity index (χ1) is 8.25. The van der Waals surface area contributed by atoms with E-state index in [1.165, 1.54) is 29.5 Å². The van der Waals surface area contributed by atoms with Gasteiger partial charge in [-0.3, -0.25) is 9.59 Å². The maximum absolute atomic E-state index is 12.1. The summed E-state index contributed by atoms with van der Waals surface area (Å²) in [6, 6.07) is 1.47. The SMILES string of the molecule is CC(CN(C)C(=O)c1cc(Cl)c(Cl)n1C)C(=O)O. The predicted molar refractivity (Wildman–Crippen MR) is 69.2 cm³/mol. The van der Waals surface area contributed by atoms with Crippen molar-refractivity contribution < 1.29 is 14.7 Å². The molecule has 0 bridgehead atoms. The summed E-state index contributed by atoms with van der Waals surface area (Å²) >= 11 is 11.7. The lowest BCUT2D eigenvalue weighted by Crippen LogP contribution is -2.34. The Bertz CT molecular complexity index is 485. The van der Waals surface area contributed by atoms with Crippen molar-refractivity contribution >= 4 is 35.1 Å². The maximum Gasteiger partial charge on any atom is 0.308 e. The Morgan fingerprint density at radius 3 is 2.44 bits per heavy atom. The fourth-order valence-electron chi connectivity index (χ4n) is 1.51. The Balaban J connectivity index is 2.87. The molecule has 0 aliphatic carbocycles. The highest BCUT2D eigenvalue weighted by Crippen LogP contribution is 2.25. The first kappa shape index (κ1) is 14.9. The number of hydrogen-bond acceptors (Lipinski definition) is 2. The predicted octanol–water partition coefficient (Wildman–Crippen LogP) is 2.12. The fraction of sp³-hybridized carbons (Fsp3) is 0.455. The lowest BCUT2D eigenvalue weighted by Gasteiger charge is -2.19. The standard InChI is InChI=1S/C11H14Cl2N2O3/c1-6(11(17)18)5-14(2)10(16)8-4-7(12)9(13)15(8)3/h4,6H,5H2,1-3H3,(H,17,18). The second kappa shape index (κ2) is 5.63. The molecule has 5 nitrogen and oxygen atoms in total. The smallest absolute Gasteiger partial charge is 0.308 e. The lowest BCUT2D eigenvalue weighted by atomic mass is 10.1. The van der Waals surface area contributed by atoms with E-state index >= 15 is 0 Å². The number of carbonyl (C=O) groups is 2. The number of nitrogens with zero attached hydrogens (tertiary/aromatic N) is 2. The monoisotopic (exact) mass is 292 g/mol. The third-order valence-corrected chi connectivity index (χ3v) is 3.49. The van der Waals surface area contributed by atoms with Gasteiger partial charge in [-0.05, 0) is 6.07 Å². The molecule has 0 aliphatic rings. The zero-order chi connectivity index (χ0) is 14.0. The molecule has 18 heavy (non-hydrogen) atoms. The molecule has 1 unspecified atom stereocenters. The van der Waals surface area contributed by atoms with Crippen molar-refractivity contribution in [3.63, 3.8) is 0 Å². The Kier molecular flexibility index (Phi) is 4.65. The number of carbonyl (C=O) groups excluding carboxylic acids is 1. The van der Waals surface area contributed by atoms with Crippen LogP contribution in [-0.4, -0.2) is 40.0 Å². The number of aromatic nitrogens is 1. The van der Waals surface area contributed by atoms with Crippen molar-refractivity contribution in [2.45, 2.75) is 6.92 Å². The third kappa shape index (κ3) is 2.97. The van der Waals surface area contributed by atoms with Crippen molar-refractivity contribution in [1.82, 2.24) is 9.47 Å². The summed E-state index contributed by atoms with van der Waals surface area (Å²) in [7, 11) is 3.16. The van der Waals surface area contributed by atoms with E-state index in [-0.39, 0.29) is 17.6 Å². The average Bonchev–Trinajstić information content (AvgIpc) is 2.55. The van der Waals surface area contributed by atoms with Crippen LogP contribution in [0.15, 0.2) is 6.07 Å². The van der Waals surface area contributed by atoms with Crippen molar-refractivity contribution in [3.05, 3.63) is 21.9 Å². The normalized spacial score (nSPS) is 12.3. The van der Waals surface area contributed by atoms with Crippen molar-refractivity contribution in [3.8, 4) is 0 Å². The molecular weight excluding hydrogens is 279 g/mol. The van der Waals surface area contributed by atoms with E-state index in [1.54, 1.807) is 7.05 Å². The second-order valence-corrected chi connectivity index (χ2v) is 4.92. The van der Waals surface area contributed by atoms with E-state index in [9.17, 15) is 9.59 Å². The van der Waals surface area contributed by atoms with Crippen LogP contribution in [0.25, 0.3) is 0 Å². The highest BCUT2D eigenvalue weighted by atomic mass is 35.5. The molecule has 0 aliphatic heterocycles. The number of rotatable bonds is 4. The first-order valence-electron chi connectivity index (χ1n) is 5.24. The molecule has 0 spiro atoms. The van der Waals surface area contributed by atoms with Crippen LogP contribution in [0.1, 0.15) is 17.4 Å². The summed E-state index contributed by atoms with van der Waals surface area (Å²) in [5, 5.41) is 9.37. The second-order valence-electron chi connectivity index (χ2n) is 4.15. The van der Waals surface area contributed by atoms with Gasteiger partial charge in [-0.25, -0.2) is 0 Å². The zero-order valence-electron chi connectivity index (χ0n) is 10.3. The highest BCUT2D eigenvalue weighted by Gasteiger charge is 2.22. The van der Waals surface area contributed by atoms with Gasteiger partial charge >= 0.3 is 5.97 Å². The van der Waals surface area contributed by atoms with Gasteiger partial charge in [-0.2, -0.15) is 0 Å². The van der Waals surface area contributed by atoms with Gasteiger partial charge in [0.2, 0.25) is 0 Å². The molecule has 0 saturated carbocycles. The van der Waals surface area contributed by atoms with Crippen molar-refractivity contribution in [2.75, 3.05) is 13.6 Å². The molecule has 1 aromatic rings. The Morgan fingerprint density at radius 2 is 2.06 bits per heavy atom. The van der Waals surface area contributed by atoms with Crippen LogP contribution in [0, 0.1) is 5.92 Å². The Morgan fingerprint density at radius 1 is 1.50 bits per heavy atom. The number of halogens is 2. The number of hydrogen-bond donors (Lipinski definition) is 1. The fourth-order valence-corrected chi connectivity index (χ4v) is 1.89. The molecular formula is C11H14Cl2N2O3. The largest absolute Gasteiger partial charge is 0.481 e. The quantitative estimate of drug-likeness (QED) is 0.925. The minimum atomic E-state index is -0.947. The highest BCUT2D eigenvalue weighted by molar-refractivity contribution is 6.41. The van der Waals surface area contributed by atoms with E-state index in [4.69, 9.17) is 28.3 Å². The molecule has 0 radical (unpaired) electrons. The third-order valence-electron chi connectivity index (χ3n) is 2.65. The van der Waals surface area contributed by atoms with Crippen LogP contribution in [0.3, 0.4) is 0 Å². The molecule has 0 saturated heterocycles. The van der Waals surface area contributed by atoms with Gasteiger partial charge in [0.05, 0.1) is 10.9 Å². The van der Waals surface area contributed by atoms with E-state index in [1.807, 2.05) is 0 Å². The number of amides is 1. The van der Waals surface area contributed by atoms with Crippen LogP contribution >= 0.6 is 23.2 Å². The van der Waals surface area contributed by atoms with E-state index in [2.05, 4.69) is 0 Å². The van der Waals surface area contributed by atoms with Gasteiger partial charge in [0.25, 0.3) is 5.91 Å². The van der Waals surface area contributed by atoms with Crippen LogP contribution in [0.5, 0.6) is 0 Å². The minimum Gasteiger partial charge on any atom is -0.481 e. The molecule has 0 fully saturated rings. The molecule has 1 atom stereocenters. The van der Waals surface area contributed by atoms with E-state index < -0.39 is 11.9 Å². The van der Waals surface area contributed by atoms with Gasteiger partial charge < -0.3 is 14.6 Å². The Labute approximate surface area is 115 Å². The molecule has 1 heterocycles. The minimum absolute atomic E-state index is 0.120. The summed E-state index contributed by atoms with van der Waals surface area (Å²) < 4.78 is 1.47. The molecule has 1 rings (SSSR count). The molecule has 1 aromatic heterocycles. The topological polar surface area (TPSA) is 62.5 Å². The average molecular weight is 293 g/mol. The van der Waals surface area contributed by atoms with Gasteiger partial charge in [-0.1, -0.05) is 30.1 Å². The summed E-state index contributed by atoms with van der Waals surface area (Å²) in [4.78, 5) is 24.2. The van der Waals surface area contributed by atoms with Crippen LogP contribution in [0.2, 0.25) is 10.2 Å². The first-order valence-corrected chi connectivity index (χ1v) is 6.00. The van der Waals surface area contributed by atoms with E-state index in [0.29, 0.717) is 10.7 Å². The molecule has 1 amide bonds. The lowest BCUT2D eigenvalue weighted by molar-refractivity contribution is -0.141. The zero-order valence-corrected chi connectivity index (χ0v) is 11.8. The summed E-state index contributed by atoms with van der Waals surface area (Å²) in [5.74, 6) is -1.90. The molecule has 100 valence electrons. The summed E-state index contributed by atoms with van der Waals surface area (Å²) in [6.45, 7) is 1.66. The van der Waals surface area contributed by atoms with Crippen molar-refractivity contribution in [2.24, 2.45) is 13.0 Å². The molecule has 7 heteroatoms. The number of carboxylic acid groups (broad SMARTS) is 1. The van der Waals surface area contributed by atoms with Gasteiger partial charge in [0, 0.05) is 20.6 Å². The Hall–Kier alpha value is -1.20. The van der Waals surface area contributed by atoms with Gasteiger partial charge in [0.15, 0.2) is 0 Å². The van der Waals surface area contributed by atoms with Crippen LogP contribution in [0.4, 0.5) is 0 Å². The maximum atomic E-state index is 12.1. The number of aliphatic carboxylic acids is 1. The molecule has 0 aromatic carbocycles. The number of carboxylic acids is 1. The van der Waals surface area contributed by atoms with Crippen LogP contribution < -0.4 is 0 Å². The van der Waals surface area contributed by atoms with Gasteiger partial charge in [0.1, 0.15) is 10.8 Å².